The zero-order valence-electron chi connectivity index (χ0n) is 8.90. The van der Waals surface area contributed by atoms with Gasteiger partial charge in [0.2, 0.25) is 0 Å². The molecule has 2 bridgehead atoms. The standard InChI is InChI=1S/C11H14F2O2/c1-7(14)15-11-5-3-10(2,4-6-11)8(12)9(11)13/h3-6H2,1-2H3. The van der Waals surface area contributed by atoms with E-state index < -0.39 is 28.6 Å². The van der Waals surface area contributed by atoms with Crippen LogP contribution in [-0.2, 0) is 9.53 Å². The number of carbonyl (C=O) groups is 1. The van der Waals surface area contributed by atoms with Crippen LogP contribution in [0.3, 0.4) is 0 Å². The SMILES string of the molecule is CC(=O)OC12CCC(C)(CC1)C(F)=C2F. The molecule has 0 aliphatic heterocycles. The first-order valence-electron chi connectivity index (χ1n) is 5.15. The lowest BCUT2D eigenvalue weighted by atomic mass is 9.63. The van der Waals surface area contributed by atoms with Crippen LogP contribution in [0.4, 0.5) is 8.78 Å². The van der Waals surface area contributed by atoms with Gasteiger partial charge in [0.1, 0.15) is 5.83 Å². The third-order valence-electron chi connectivity index (χ3n) is 3.62. The van der Waals surface area contributed by atoms with Gasteiger partial charge in [-0.2, -0.15) is 0 Å². The molecular weight excluding hydrogens is 202 g/mol. The molecule has 0 heterocycles. The Hall–Kier alpha value is -0.930. The summed E-state index contributed by atoms with van der Waals surface area (Å²) < 4.78 is 32.4. The van der Waals surface area contributed by atoms with E-state index in [1.165, 1.54) is 6.92 Å². The summed E-state index contributed by atoms with van der Waals surface area (Å²) in [5, 5.41) is 0. The lowest BCUT2D eigenvalue weighted by Gasteiger charge is -2.48. The molecule has 84 valence electrons. The summed E-state index contributed by atoms with van der Waals surface area (Å²) in [5.74, 6) is -2.14. The molecule has 4 heteroatoms. The highest BCUT2D eigenvalue weighted by atomic mass is 19.2. The molecule has 0 amide bonds. The number of esters is 1. The molecule has 0 aromatic rings. The number of ether oxygens (including phenoxy) is 1. The summed E-state index contributed by atoms with van der Waals surface area (Å²) in [5.41, 5.74) is -1.97. The maximum Gasteiger partial charge on any atom is 0.303 e. The first-order chi connectivity index (χ1) is 6.90. The second kappa shape index (κ2) is 3.03. The van der Waals surface area contributed by atoms with Crippen LogP contribution >= 0.6 is 0 Å². The number of carbonyl (C=O) groups excluding carboxylic acids is 1. The van der Waals surface area contributed by atoms with Gasteiger partial charge in [0.25, 0.3) is 0 Å². The largest absolute Gasteiger partial charge is 0.452 e. The van der Waals surface area contributed by atoms with E-state index in [-0.39, 0.29) is 0 Å². The van der Waals surface area contributed by atoms with Crippen LogP contribution in [0.5, 0.6) is 0 Å². The Morgan fingerprint density at radius 1 is 1.20 bits per heavy atom. The van der Waals surface area contributed by atoms with Crippen molar-refractivity contribution >= 4 is 5.97 Å². The van der Waals surface area contributed by atoms with Gasteiger partial charge in [-0.15, -0.1) is 0 Å². The highest BCUT2D eigenvalue weighted by Crippen LogP contribution is 2.57. The van der Waals surface area contributed by atoms with E-state index >= 15 is 0 Å². The lowest BCUT2D eigenvalue weighted by Crippen LogP contribution is -2.48. The van der Waals surface area contributed by atoms with Crippen LogP contribution in [0.2, 0.25) is 0 Å². The predicted molar refractivity (Wildman–Crippen MR) is 50.3 cm³/mol. The van der Waals surface area contributed by atoms with Crippen molar-refractivity contribution in [2.45, 2.75) is 45.1 Å². The van der Waals surface area contributed by atoms with Crippen molar-refractivity contribution in [1.29, 1.82) is 0 Å². The zero-order chi connectivity index (χ0) is 11.3. The van der Waals surface area contributed by atoms with E-state index in [4.69, 9.17) is 4.74 Å². The minimum absolute atomic E-state index is 0.391. The molecule has 0 unspecified atom stereocenters. The Morgan fingerprint density at radius 3 is 2.20 bits per heavy atom. The molecule has 2 nitrogen and oxygen atoms in total. The highest BCUT2D eigenvalue weighted by molar-refractivity contribution is 5.67. The van der Waals surface area contributed by atoms with Gasteiger partial charge in [-0.25, -0.2) is 8.78 Å². The number of hydrogen-bond donors (Lipinski definition) is 0. The summed E-state index contributed by atoms with van der Waals surface area (Å²) in [6.07, 6.45) is 1.86. The molecule has 3 aliphatic rings. The lowest BCUT2D eigenvalue weighted by molar-refractivity contribution is -0.163. The van der Waals surface area contributed by atoms with Crippen LogP contribution in [0.25, 0.3) is 0 Å². The number of hydrogen-bond acceptors (Lipinski definition) is 2. The molecular formula is C11H14F2O2. The summed E-state index contributed by atoms with van der Waals surface area (Å²) in [7, 11) is 0. The number of halogens is 2. The summed E-state index contributed by atoms with van der Waals surface area (Å²) in [6, 6.07) is 0. The number of fused-ring (bicyclic) bond motifs is 2. The Balaban J connectivity index is 2.40. The minimum atomic E-state index is -1.30. The topological polar surface area (TPSA) is 26.3 Å². The zero-order valence-corrected chi connectivity index (χ0v) is 8.90. The van der Waals surface area contributed by atoms with Gasteiger partial charge < -0.3 is 4.74 Å². The van der Waals surface area contributed by atoms with Crippen molar-refractivity contribution in [2.75, 3.05) is 0 Å². The summed E-state index contributed by atoms with van der Waals surface area (Å²) >= 11 is 0. The number of rotatable bonds is 1. The molecule has 15 heavy (non-hydrogen) atoms. The van der Waals surface area contributed by atoms with E-state index in [1.807, 2.05) is 0 Å². The van der Waals surface area contributed by atoms with Gasteiger partial charge in [-0.1, -0.05) is 6.92 Å². The highest BCUT2D eigenvalue weighted by Gasteiger charge is 2.55. The Labute approximate surface area is 87.3 Å². The number of allylic oxidation sites excluding steroid dienone is 1. The van der Waals surface area contributed by atoms with Gasteiger partial charge in [0.15, 0.2) is 11.4 Å². The molecule has 1 fully saturated rings. The van der Waals surface area contributed by atoms with Gasteiger partial charge in [-0.05, 0) is 25.7 Å². The normalized spacial score (nSPS) is 39.5. The van der Waals surface area contributed by atoms with Gasteiger partial charge >= 0.3 is 5.97 Å². The predicted octanol–water partition coefficient (Wildman–Crippen LogP) is 3.03. The molecule has 0 spiro atoms. The second-order valence-electron chi connectivity index (χ2n) is 4.78. The Morgan fingerprint density at radius 2 is 1.73 bits per heavy atom. The molecule has 0 aromatic heterocycles. The van der Waals surface area contributed by atoms with Crippen LogP contribution in [-0.4, -0.2) is 11.6 Å². The maximum absolute atomic E-state index is 13.8. The Kier molecular flexibility index (Phi) is 2.14. The van der Waals surface area contributed by atoms with E-state index in [0.717, 1.165) is 0 Å². The molecule has 1 saturated carbocycles. The monoisotopic (exact) mass is 216 g/mol. The maximum atomic E-state index is 13.8. The fraction of sp³-hybridized carbons (Fsp3) is 0.727. The van der Waals surface area contributed by atoms with Crippen molar-refractivity contribution in [3.05, 3.63) is 11.7 Å². The first kappa shape index (κ1) is 10.6. The molecule has 0 aromatic carbocycles. The molecule has 3 rings (SSSR count). The van der Waals surface area contributed by atoms with Crippen molar-refractivity contribution in [3.63, 3.8) is 0 Å². The molecule has 3 aliphatic carbocycles. The van der Waals surface area contributed by atoms with E-state index in [0.29, 0.717) is 25.7 Å². The average molecular weight is 216 g/mol. The quantitative estimate of drug-likeness (QED) is 0.630. The van der Waals surface area contributed by atoms with Crippen molar-refractivity contribution in [2.24, 2.45) is 5.41 Å². The summed E-state index contributed by atoms with van der Waals surface area (Å²) in [6.45, 7) is 2.95. The molecule has 0 radical (unpaired) electrons. The third-order valence-corrected chi connectivity index (χ3v) is 3.62. The Bertz CT molecular complexity index is 338. The minimum Gasteiger partial charge on any atom is -0.452 e. The molecule has 0 atom stereocenters. The van der Waals surface area contributed by atoms with E-state index in [2.05, 4.69) is 0 Å². The third kappa shape index (κ3) is 1.38. The molecule has 0 saturated heterocycles. The van der Waals surface area contributed by atoms with Crippen LogP contribution < -0.4 is 0 Å². The van der Waals surface area contributed by atoms with Crippen LogP contribution in [0.15, 0.2) is 11.7 Å². The molecule has 0 N–H and O–H groups in total. The second-order valence-corrected chi connectivity index (χ2v) is 4.78. The fourth-order valence-corrected chi connectivity index (χ4v) is 2.53. The van der Waals surface area contributed by atoms with E-state index in [9.17, 15) is 13.6 Å². The van der Waals surface area contributed by atoms with Gasteiger partial charge in [0.05, 0.1) is 0 Å². The van der Waals surface area contributed by atoms with Crippen LogP contribution in [0, 0.1) is 5.41 Å². The van der Waals surface area contributed by atoms with Crippen molar-refractivity contribution < 1.29 is 18.3 Å². The summed E-state index contributed by atoms with van der Waals surface area (Å²) in [4.78, 5) is 10.9. The van der Waals surface area contributed by atoms with Crippen molar-refractivity contribution in [1.82, 2.24) is 0 Å². The van der Waals surface area contributed by atoms with Gasteiger partial charge in [0, 0.05) is 12.3 Å². The van der Waals surface area contributed by atoms with Gasteiger partial charge in [-0.3, -0.25) is 4.79 Å². The first-order valence-corrected chi connectivity index (χ1v) is 5.15. The smallest absolute Gasteiger partial charge is 0.303 e. The fourth-order valence-electron chi connectivity index (χ4n) is 2.53. The average Bonchev–Trinajstić information content (AvgIpc) is 2.17. The van der Waals surface area contributed by atoms with Crippen LogP contribution in [0.1, 0.15) is 39.5 Å². The van der Waals surface area contributed by atoms with Crippen molar-refractivity contribution in [3.8, 4) is 0 Å². The van der Waals surface area contributed by atoms with E-state index in [1.54, 1.807) is 6.92 Å².